The van der Waals surface area contributed by atoms with Crippen molar-refractivity contribution in [3.8, 4) is 0 Å². The summed E-state index contributed by atoms with van der Waals surface area (Å²) in [6, 6.07) is 4.77. The molecule has 3 heterocycles. The number of nitrogens with zero attached hydrogens (tertiary/aromatic N) is 3. The molecule has 122 valence electrons. The summed E-state index contributed by atoms with van der Waals surface area (Å²) in [7, 11) is 0. The van der Waals surface area contributed by atoms with Gasteiger partial charge in [-0.15, -0.1) is 0 Å². The molecule has 5 nitrogen and oxygen atoms in total. The Labute approximate surface area is 133 Å². The molecule has 1 aromatic heterocycles. The van der Waals surface area contributed by atoms with Crippen molar-refractivity contribution in [2.75, 3.05) is 45.1 Å². The molecule has 0 bridgehead atoms. The summed E-state index contributed by atoms with van der Waals surface area (Å²) in [6.07, 6.45) is 6.98. The summed E-state index contributed by atoms with van der Waals surface area (Å²) in [5.41, 5.74) is 7.18. The minimum Gasteiger partial charge on any atom is -0.383 e. The zero-order valence-corrected chi connectivity index (χ0v) is 13.4. The van der Waals surface area contributed by atoms with E-state index in [0.717, 1.165) is 32.8 Å². The number of ether oxygens (including phenoxy) is 1. The second kappa shape index (κ2) is 7.90. The zero-order chi connectivity index (χ0) is 15.2. The molecule has 0 spiro atoms. The van der Waals surface area contributed by atoms with Gasteiger partial charge >= 0.3 is 0 Å². The Bertz CT molecular complexity index is 462. The van der Waals surface area contributed by atoms with Crippen LogP contribution in [-0.2, 0) is 11.3 Å². The number of morpholine rings is 1. The Morgan fingerprint density at radius 2 is 2.09 bits per heavy atom. The predicted molar refractivity (Wildman–Crippen MR) is 88.6 cm³/mol. The number of hydrogen-bond acceptors (Lipinski definition) is 5. The number of aromatic nitrogens is 1. The summed E-state index contributed by atoms with van der Waals surface area (Å²) in [4.78, 5) is 9.36. The van der Waals surface area contributed by atoms with Gasteiger partial charge in [-0.2, -0.15) is 0 Å². The summed E-state index contributed by atoms with van der Waals surface area (Å²) in [5, 5.41) is 0. The Balaban J connectivity index is 1.55. The van der Waals surface area contributed by atoms with Crippen LogP contribution < -0.4 is 5.73 Å². The topological polar surface area (TPSA) is 54.6 Å². The van der Waals surface area contributed by atoms with Crippen LogP contribution in [0.25, 0.3) is 0 Å². The highest BCUT2D eigenvalue weighted by Crippen LogP contribution is 2.23. The number of pyridine rings is 1. The number of anilines is 1. The smallest absolute Gasteiger partial charge is 0.127 e. The first-order valence-corrected chi connectivity index (χ1v) is 8.56. The van der Waals surface area contributed by atoms with Crippen LogP contribution in [0.5, 0.6) is 0 Å². The van der Waals surface area contributed by atoms with Crippen molar-refractivity contribution in [2.45, 2.75) is 38.3 Å². The molecule has 0 aromatic carbocycles. The summed E-state index contributed by atoms with van der Waals surface area (Å²) < 4.78 is 5.43. The summed E-state index contributed by atoms with van der Waals surface area (Å²) >= 11 is 0. The highest BCUT2D eigenvalue weighted by Gasteiger charge is 2.24. The molecule has 2 aliphatic heterocycles. The normalized spacial score (nSPS) is 24.5. The average Bonchev–Trinajstić information content (AvgIpc) is 2.57. The van der Waals surface area contributed by atoms with Gasteiger partial charge in [0, 0.05) is 37.4 Å². The van der Waals surface area contributed by atoms with Crippen molar-refractivity contribution < 1.29 is 4.74 Å². The van der Waals surface area contributed by atoms with Gasteiger partial charge in [-0.3, -0.25) is 9.80 Å². The van der Waals surface area contributed by atoms with E-state index < -0.39 is 0 Å². The number of hydrogen-bond donors (Lipinski definition) is 1. The lowest BCUT2D eigenvalue weighted by atomic mass is 9.98. The van der Waals surface area contributed by atoms with Gasteiger partial charge in [0.15, 0.2) is 0 Å². The SMILES string of the molecule is Nc1ncccc1CN1CCCC[C@H]1CCN1CCOCC1. The van der Waals surface area contributed by atoms with Crippen LogP contribution in [-0.4, -0.2) is 60.2 Å². The first-order chi connectivity index (χ1) is 10.8. The van der Waals surface area contributed by atoms with Crippen molar-refractivity contribution in [3.05, 3.63) is 23.9 Å². The van der Waals surface area contributed by atoms with Gasteiger partial charge in [-0.05, 0) is 38.4 Å². The monoisotopic (exact) mass is 304 g/mol. The molecule has 2 N–H and O–H groups in total. The van der Waals surface area contributed by atoms with Crippen molar-refractivity contribution >= 4 is 5.82 Å². The third kappa shape index (κ3) is 4.18. The number of piperidine rings is 1. The van der Waals surface area contributed by atoms with Crippen molar-refractivity contribution in [1.82, 2.24) is 14.8 Å². The number of likely N-dealkylation sites (tertiary alicyclic amines) is 1. The Morgan fingerprint density at radius 1 is 1.23 bits per heavy atom. The molecule has 1 atom stereocenters. The predicted octanol–water partition coefficient (Wildman–Crippen LogP) is 1.74. The van der Waals surface area contributed by atoms with Gasteiger partial charge in [0.2, 0.25) is 0 Å². The molecule has 0 aliphatic carbocycles. The fraction of sp³-hybridized carbons (Fsp3) is 0.706. The molecule has 1 aromatic rings. The Kier molecular flexibility index (Phi) is 5.64. The van der Waals surface area contributed by atoms with E-state index in [1.807, 2.05) is 6.07 Å². The second-order valence-corrected chi connectivity index (χ2v) is 6.41. The molecule has 0 radical (unpaired) electrons. The molecular formula is C17H28N4O. The molecule has 2 aliphatic rings. The molecule has 3 rings (SSSR count). The third-order valence-electron chi connectivity index (χ3n) is 4.93. The van der Waals surface area contributed by atoms with Gasteiger partial charge in [-0.25, -0.2) is 4.98 Å². The van der Waals surface area contributed by atoms with Crippen LogP contribution in [0.3, 0.4) is 0 Å². The van der Waals surface area contributed by atoms with Crippen LogP contribution in [0.1, 0.15) is 31.2 Å². The number of nitrogens with two attached hydrogens (primary N) is 1. The summed E-state index contributed by atoms with van der Waals surface area (Å²) in [6.45, 7) is 7.26. The number of nitrogen functional groups attached to an aromatic ring is 1. The maximum atomic E-state index is 6.01. The van der Waals surface area contributed by atoms with Crippen LogP contribution in [0, 0.1) is 0 Å². The minimum atomic E-state index is 0.677. The zero-order valence-electron chi connectivity index (χ0n) is 13.4. The van der Waals surface area contributed by atoms with E-state index in [2.05, 4.69) is 20.9 Å². The fourth-order valence-corrected chi connectivity index (χ4v) is 3.55. The maximum absolute atomic E-state index is 6.01. The van der Waals surface area contributed by atoms with Crippen molar-refractivity contribution in [3.63, 3.8) is 0 Å². The first-order valence-electron chi connectivity index (χ1n) is 8.56. The van der Waals surface area contributed by atoms with E-state index in [4.69, 9.17) is 10.5 Å². The van der Waals surface area contributed by atoms with Crippen molar-refractivity contribution in [2.24, 2.45) is 0 Å². The average molecular weight is 304 g/mol. The molecule has 0 unspecified atom stereocenters. The van der Waals surface area contributed by atoms with Crippen LogP contribution in [0.15, 0.2) is 18.3 Å². The van der Waals surface area contributed by atoms with Crippen LogP contribution in [0.4, 0.5) is 5.82 Å². The van der Waals surface area contributed by atoms with E-state index in [1.165, 1.54) is 44.3 Å². The van der Waals surface area contributed by atoms with E-state index in [-0.39, 0.29) is 0 Å². The molecular weight excluding hydrogens is 276 g/mol. The first kappa shape index (κ1) is 15.7. The van der Waals surface area contributed by atoms with E-state index in [9.17, 15) is 0 Å². The maximum Gasteiger partial charge on any atom is 0.127 e. The van der Waals surface area contributed by atoms with Crippen LogP contribution >= 0.6 is 0 Å². The summed E-state index contributed by atoms with van der Waals surface area (Å²) in [5.74, 6) is 0.681. The highest BCUT2D eigenvalue weighted by atomic mass is 16.5. The third-order valence-corrected chi connectivity index (χ3v) is 4.93. The molecule has 0 amide bonds. The molecule has 0 saturated carbocycles. The highest BCUT2D eigenvalue weighted by molar-refractivity contribution is 5.38. The van der Waals surface area contributed by atoms with E-state index in [0.29, 0.717) is 11.9 Å². The number of rotatable bonds is 5. The lowest BCUT2D eigenvalue weighted by molar-refractivity contribution is 0.0302. The minimum absolute atomic E-state index is 0.677. The quantitative estimate of drug-likeness (QED) is 0.898. The van der Waals surface area contributed by atoms with Crippen LogP contribution in [0.2, 0.25) is 0 Å². The van der Waals surface area contributed by atoms with E-state index in [1.54, 1.807) is 6.20 Å². The molecule has 2 saturated heterocycles. The Morgan fingerprint density at radius 3 is 2.91 bits per heavy atom. The standard InChI is InChI=1S/C17H28N4O/c18-17-15(4-3-7-19-17)14-21-8-2-1-5-16(21)6-9-20-10-12-22-13-11-20/h3-4,7,16H,1-2,5-6,8-14H2,(H2,18,19)/t16-/m0/s1. The Hall–Kier alpha value is -1.17. The molecule has 2 fully saturated rings. The van der Waals surface area contributed by atoms with Gasteiger partial charge in [-0.1, -0.05) is 12.5 Å². The molecule has 22 heavy (non-hydrogen) atoms. The molecule has 5 heteroatoms. The lowest BCUT2D eigenvalue weighted by Crippen LogP contribution is -2.43. The van der Waals surface area contributed by atoms with Gasteiger partial charge < -0.3 is 10.5 Å². The van der Waals surface area contributed by atoms with Gasteiger partial charge in [0.25, 0.3) is 0 Å². The van der Waals surface area contributed by atoms with E-state index >= 15 is 0 Å². The van der Waals surface area contributed by atoms with Gasteiger partial charge in [0.05, 0.1) is 13.2 Å². The largest absolute Gasteiger partial charge is 0.383 e. The second-order valence-electron chi connectivity index (χ2n) is 6.41. The van der Waals surface area contributed by atoms with Gasteiger partial charge in [0.1, 0.15) is 5.82 Å². The van der Waals surface area contributed by atoms with Crippen molar-refractivity contribution in [1.29, 1.82) is 0 Å². The fourth-order valence-electron chi connectivity index (χ4n) is 3.55. The lowest BCUT2D eigenvalue weighted by Gasteiger charge is -2.37.